The third-order valence-electron chi connectivity index (χ3n) is 3.07. The van der Waals surface area contributed by atoms with Gasteiger partial charge >= 0.3 is 12.0 Å². The molecule has 1 aromatic carbocycles. The van der Waals surface area contributed by atoms with E-state index in [0.29, 0.717) is 11.3 Å². The Bertz CT molecular complexity index is 627. The number of nitrogens with one attached hydrogen (secondary N) is 2. The van der Waals surface area contributed by atoms with Gasteiger partial charge in [0.05, 0.1) is 18.2 Å². The van der Waals surface area contributed by atoms with Crippen LogP contribution in [0.3, 0.4) is 0 Å². The van der Waals surface area contributed by atoms with Gasteiger partial charge in [0.25, 0.3) is 0 Å². The monoisotopic (exact) mass is 354 g/mol. The molecule has 1 atom stereocenters. The van der Waals surface area contributed by atoms with Crippen molar-refractivity contribution in [1.82, 2.24) is 10.6 Å². The number of carbonyl (C=O) groups excluding carboxylic acids is 2. The van der Waals surface area contributed by atoms with E-state index in [0.717, 1.165) is 4.47 Å². The van der Waals surface area contributed by atoms with Crippen molar-refractivity contribution >= 4 is 27.9 Å². The quantitative estimate of drug-likeness (QED) is 0.727. The first kappa shape index (κ1) is 15.4. The van der Waals surface area contributed by atoms with Gasteiger partial charge in [-0.05, 0) is 32.0 Å². The molecule has 21 heavy (non-hydrogen) atoms. The third kappa shape index (κ3) is 3.18. The van der Waals surface area contributed by atoms with Gasteiger partial charge in [-0.3, -0.25) is 0 Å². The SMILES string of the molecule is CCOC(=O)C1=C(C)NC(=O)N[C@@H]1c1cc(Br)ccc1O. The highest BCUT2D eigenvalue weighted by Crippen LogP contribution is 2.34. The molecule has 2 rings (SSSR count). The number of esters is 1. The lowest BCUT2D eigenvalue weighted by molar-refractivity contribution is -0.139. The van der Waals surface area contributed by atoms with Crippen LogP contribution in [0.25, 0.3) is 0 Å². The number of urea groups is 1. The zero-order chi connectivity index (χ0) is 15.6. The average Bonchev–Trinajstić information content (AvgIpc) is 2.40. The second kappa shape index (κ2) is 6.17. The van der Waals surface area contributed by atoms with Gasteiger partial charge in [-0.2, -0.15) is 0 Å². The smallest absolute Gasteiger partial charge is 0.338 e. The molecule has 1 heterocycles. The predicted octanol–water partition coefficient (Wildman–Crippen LogP) is 2.35. The molecule has 1 aliphatic rings. The number of ether oxygens (including phenoxy) is 1. The van der Waals surface area contributed by atoms with Crippen molar-refractivity contribution in [3.63, 3.8) is 0 Å². The van der Waals surface area contributed by atoms with Crippen LogP contribution < -0.4 is 10.6 Å². The molecule has 0 saturated carbocycles. The van der Waals surface area contributed by atoms with Crippen LogP contribution in [0, 0.1) is 0 Å². The Hall–Kier alpha value is -2.02. The molecular weight excluding hydrogens is 340 g/mol. The Morgan fingerprint density at radius 2 is 2.19 bits per heavy atom. The highest BCUT2D eigenvalue weighted by molar-refractivity contribution is 9.10. The first-order valence-corrected chi connectivity index (χ1v) is 7.17. The standard InChI is InChI=1S/C14H15BrN2O4/c1-3-21-13(19)11-7(2)16-14(20)17-12(11)9-6-8(15)4-5-10(9)18/h4-6,12,18H,3H2,1-2H3,(H2,16,17,20)/t12-/m1/s1. The van der Waals surface area contributed by atoms with Crippen molar-refractivity contribution in [3.05, 3.63) is 39.5 Å². The number of rotatable bonds is 3. The summed E-state index contributed by atoms with van der Waals surface area (Å²) in [4.78, 5) is 23.8. The Labute approximate surface area is 130 Å². The summed E-state index contributed by atoms with van der Waals surface area (Å²) in [6.07, 6.45) is 0. The molecule has 6 nitrogen and oxygen atoms in total. The average molecular weight is 355 g/mol. The van der Waals surface area contributed by atoms with Crippen molar-refractivity contribution < 1.29 is 19.4 Å². The number of hydrogen-bond donors (Lipinski definition) is 3. The van der Waals surface area contributed by atoms with Gasteiger partial charge in [-0.15, -0.1) is 0 Å². The fraction of sp³-hybridized carbons (Fsp3) is 0.286. The van der Waals surface area contributed by atoms with E-state index < -0.39 is 18.0 Å². The lowest BCUT2D eigenvalue weighted by Crippen LogP contribution is -2.45. The molecule has 0 saturated heterocycles. The largest absolute Gasteiger partial charge is 0.508 e. The molecule has 0 unspecified atom stereocenters. The van der Waals surface area contributed by atoms with Crippen molar-refractivity contribution in [2.75, 3.05) is 6.61 Å². The Morgan fingerprint density at radius 1 is 1.48 bits per heavy atom. The first-order valence-electron chi connectivity index (χ1n) is 6.37. The van der Waals surface area contributed by atoms with Crippen LogP contribution in [0.1, 0.15) is 25.5 Å². The Morgan fingerprint density at radius 3 is 2.86 bits per heavy atom. The highest BCUT2D eigenvalue weighted by Gasteiger charge is 2.33. The predicted molar refractivity (Wildman–Crippen MR) is 79.5 cm³/mol. The third-order valence-corrected chi connectivity index (χ3v) is 3.56. The van der Waals surface area contributed by atoms with Crippen LogP contribution in [0.2, 0.25) is 0 Å². The van der Waals surface area contributed by atoms with E-state index in [9.17, 15) is 14.7 Å². The van der Waals surface area contributed by atoms with Gasteiger partial charge in [0, 0.05) is 15.7 Å². The molecule has 0 radical (unpaired) electrons. The van der Waals surface area contributed by atoms with Gasteiger partial charge < -0.3 is 20.5 Å². The lowest BCUT2D eigenvalue weighted by atomic mass is 9.95. The summed E-state index contributed by atoms with van der Waals surface area (Å²) in [5.74, 6) is -0.549. The maximum absolute atomic E-state index is 12.1. The number of benzene rings is 1. The van der Waals surface area contributed by atoms with Crippen LogP contribution in [0.5, 0.6) is 5.75 Å². The van der Waals surface area contributed by atoms with Crippen LogP contribution in [-0.4, -0.2) is 23.7 Å². The first-order chi connectivity index (χ1) is 9.93. The summed E-state index contributed by atoms with van der Waals surface area (Å²) in [6.45, 7) is 3.54. The topological polar surface area (TPSA) is 87.7 Å². The van der Waals surface area contributed by atoms with E-state index in [1.165, 1.54) is 6.07 Å². The zero-order valence-corrected chi connectivity index (χ0v) is 13.2. The van der Waals surface area contributed by atoms with Gasteiger partial charge in [-0.25, -0.2) is 9.59 Å². The Kier molecular flexibility index (Phi) is 4.52. The number of aromatic hydroxyl groups is 1. The van der Waals surface area contributed by atoms with Crippen molar-refractivity contribution in [2.24, 2.45) is 0 Å². The van der Waals surface area contributed by atoms with Gasteiger partial charge in [0.15, 0.2) is 0 Å². The fourth-order valence-electron chi connectivity index (χ4n) is 2.16. The summed E-state index contributed by atoms with van der Waals surface area (Å²) in [6, 6.07) is 3.60. The number of allylic oxidation sites excluding steroid dienone is 1. The minimum Gasteiger partial charge on any atom is -0.508 e. The van der Waals surface area contributed by atoms with Crippen LogP contribution >= 0.6 is 15.9 Å². The number of phenols is 1. The van der Waals surface area contributed by atoms with E-state index in [1.807, 2.05) is 0 Å². The molecule has 2 amide bonds. The Balaban J connectivity index is 2.52. The van der Waals surface area contributed by atoms with E-state index in [4.69, 9.17) is 4.74 Å². The van der Waals surface area contributed by atoms with Crippen LogP contribution in [0.15, 0.2) is 33.9 Å². The number of amides is 2. The van der Waals surface area contributed by atoms with Gasteiger partial charge in [0.1, 0.15) is 5.75 Å². The van der Waals surface area contributed by atoms with E-state index >= 15 is 0 Å². The molecule has 3 N–H and O–H groups in total. The summed E-state index contributed by atoms with van der Waals surface area (Å²) >= 11 is 3.31. The summed E-state index contributed by atoms with van der Waals surface area (Å²) in [5, 5.41) is 15.2. The number of carbonyl (C=O) groups is 2. The molecule has 0 bridgehead atoms. The number of halogens is 1. The maximum Gasteiger partial charge on any atom is 0.338 e. The summed E-state index contributed by atoms with van der Waals surface area (Å²) in [5.41, 5.74) is 1.09. The normalized spacial score (nSPS) is 18.0. The fourth-order valence-corrected chi connectivity index (χ4v) is 2.54. The van der Waals surface area contributed by atoms with E-state index in [2.05, 4.69) is 26.6 Å². The summed E-state index contributed by atoms with van der Waals surface area (Å²) < 4.78 is 5.75. The maximum atomic E-state index is 12.1. The van der Waals surface area contributed by atoms with E-state index in [-0.39, 0.29) is 17.9 Å². The van der Waals surface area contributed by atoms with Crippen LogP contribution in [0.4, 0.5) is 4.79 Å². The molecule has 0 aliphatic carbocycles. The highest BCUT2D eigenvalue weighted by atomic mass is 79.9. The van der Waals surface area contributed by atoms with Gasteiger partial charge in [-0.1, -0.05) is 15.9 Å². The molecule has 1 aromatic rings. The van der Waals surface area contributed by atoms with Crippen molar-refractivity contribution in [2.45, 2.75) is 19.9 Å². The van der Waals surface area contributed by atoms with E-state index in [1.54, 1.807) is 26.0 Å². The molecule has 0 fully saturated rings. The second-order valence-corrected chi connectivity index (χ2v) is 5.41. The number of hydrogen-bond acceptors (Lipinski definition) is 4. The van der Waals surface area contributed by atoms with Crippen LogP contribution in [-0.2, 0) is 9.53 Å². The molecule has 112 valence electrons. The second-order valence-electron chi connectivity index (χ2n) is 4.49. The minimum atomic E-state index is -0.768. The van der Waals surface area contributed by atoms with Crippen molar-refractivity contribution in [1.29, 1.82) is 0 Å². The minimum absolute atomic E-state index is 0.0139. The zero-order valence-electron chi connectivity index (χ0n) is 11.6. The molecule has 0 spiro atoms. The van der Waals surface area contributed by atoms with Crippen molar-refractivity contribution in [3.8, 4) is 5.75 Å². The molecular formula is C14H15BrN2O4. The molecule has 1 aliphatic heterocycles. The lowest BCUT2D eigenvalue weighted by Gasteiger charge is -2.28. The molecule has 0 aromatic heterocycles. The molecule has 7 heteroatoms. The van der Waals surface area contributed by atoms with Gasteiger partial charge in [0.2, 0.25) is 0 Å². The summed E-state index contributed by atoms with van der Waals surface area (Å²) in [7, 11) is 0. The number of phenolic OH excluding ortho intramolecular Hbond substituents is 1.